The highest BCUT2D eigenvalue weighted by Crippen LogP contribution is 2.49. The molecule has 0 amide bonds. The molecule has 11 heteroatoms. The van der Waals surface area contributed by atoms with Crippen LogP contribution in [0.5, 0.6) is 0 Å². The second-order valence-electron chi connectivity index (χ2n) is 8.69. The van der Waals surface area contributed by atoms with Crippen molar-refractivity contribution in [3.8, 4) is 0 Å². The normalized spacial score (nSPS) is 23.5. The molecule has 2 aliphatic rings. The molecule has 0 radical (unpaired) electrons. The fourth-order valence-electron chi connectivity index (χ4n) is 5.20. The number of pyridine rings is 1. The Labute approximate surface area is 190 Å². The van der Waals surface area contributed by atoms with E-state index in [1.54, 1.807) is 0 Å². The van der Waals surface area contributed by atoms with Crippen molar-refractivity contribution in [2.45, 2.75) is 36.6 Å². The van der Waals surface area contributed by atoms with Crippen LogP contribution in [0.4, 0.5) is 24.7 Å². The van der Waals surface area contributed by atoms with Crippen molar-refractivity contribution in [1.29, 1.82) is 0 Å². The van der Waals surface area contributed by atoms with E-state index in [0.717, 1.165) is 37.8 Å². The number of sulfonamides is 1. The van der Waals surface area contributed by atoms with Gasteiger partial charge in [-0.15, -0.1) is 0 Å². The monoisotopic (exact) mass is 488 g/mol. The summed E-state index contributed by atoms with van der Waals surface area (Å²) in [7, 11) is -0.666. The van der Waals surface area contributed by atoms with E-state index in [4.69, 9.17) is 11.6 Å². The highest BCUT2D eigenvalue weighted by molar-refractivity contribution is 7.92. The minimum atomic E-state index is -4.74. The summed E-state index contributed by atoms with van der Waals surface area (Å²) in [6.45, 7) is 1.16. The average molecular weight is 489 g/mol. The van der Waals surface area contributed by atoms with Crippen LogP contribution in [0.25, 0.3) is 0 Å². The van der Waals surface area contributed by atoms with E-state index in [9.17, 15) is 17.2 Å². The van der Waals surface area contributed by atoms with Crippen LogP contribution in [0.15, 0.2) is 29.2 Å². The minimum Gasteiger partial charge on any atom is -0.370 e. The molecule has 1 spiro atoms. The van der Waals surface area contributed by atoms with Crippen LogP contribution < -0.4 is 9.62 Å². The summed E-state index contributed by atoms with van der Waals surface area (Å²) in [5.74, 6) is -4.00. The number of hydrogen-bond donors (Lipinski definition) is 1. The van der Waals surface area contributed by atoms with Gasteiger partial charge in [-0.2, -0.15) is 4.39 Å². The smallest absolute Gasteiger partial charge is 0.268 e. The van der Waals surface area contributed by atoms with Gasteiger partial charge in [-0.25, -0.2) is 22.2 Å². The second-order valence-corrected chi connectivity index (χ2v) is 10.7. The topological polar surface area (TPSA) is 65.5 Å². The van der Waals surface area contributed by atoms with Gasteiger partial charge in [0.25, 0.3) is 10.0 Å². The van der Waals surface area contributed by atoms with Gasteiger partial charge in [0.05, 0.1) is 5.69 Å². The number of nitrogens with zero attached hydrogens (tertiary/aromatic N) is 3. The summed E-state index contributed by atoms with van der Waals surface area (Å²) in [5.41, 5.74) is 0.139. The maximum atomic E-state index is 15.1. The summed E-state index contributed by atoms with van der Waals surface area (Å²) < 4.78 is 70.5. The van der Waals surface area contributed by atoms with Crippen LogP contribution in [-0.2, 0) is 10.0 Å². The first-order valence-corrected chi connectivity index (χ1v) is 12.1. The standard InChI is InChI=1S/C21H24ClF3N4O2S/c1-28(2)15-5-4-8-21(15)9-10-29(12-21)14-11-13(23)20(19(25)18(14)22)32(30,31)27-17-7-3-6-16(24)26-17/h3,6-7,11,15H,4-5,8-10,12H2,1-2H3,(H,26,27)/t15?,21-/m1/s1. The summed E-state index contributed by atoms with van der Waals surface area (Å²) in [4.78, 5) is 6.16. The molecule has 32 heavy (non-hydrogen) atoms. The fourth-order valence-corrected chi connectivity index (χ4v) is 6.67. The van der Waals surface area contributed by atoms with Crippen LogP contribution in [0.3, 0.4) is 0 Å². The van der Waals surface area contributed by atoms with E-state index in [1.807, 2.05) is 23.7 Å². The molecule has 1 aliphatic carbocycles. The molecule has 1 N–H and O–H groups in total. The summed E-state index contributed by atoms with van der Waals surface area (Å²) in [5, 5.41) is -0.463. The third-order valence-electron chi connectivity index (χ3n) is 6.53. The van der Waals surface area contributed by atoms with Crippen molar-refractivity contribution in [3.05, 3.63) is 46.9 Å². The molecule has 2 fully saturated rings. The lowest BCUT2D eigenvalue weighted by Gasteiger charge is -2.36. The molecule has 174 valence electrons. The minimum absolute atomic E-state index is 0.00906. The molecule has 6 nitrogen and oxygen atoms in total. The maximum absolute atomic E-state index is 15.1. The Hall–Kier alpha value is -2.04. The molecule has 2 heterocycles. The van der Waals surface area contributed by atoms with Gasteiger partial charge in [0.15, 0.2) is 10.7 Å². The second kappa shape index (κ2) is 8.39. The quantitative estimate of drug-likeness (QED) is 0.503. The van der Waals surface area contributed by atoms with E-state index in [2.05, 4.69) is 9.88 Å². The number of rotatable bonds is 5. The summed E-state index contributed by atoms with van der Waals surface area (Å²) in [6.07, 6.45) is 4.03. The lowest BCUT2D eigenvalue weighted by Crippen LogP contribution is -2.42. The van der Waals surface area contributed by atoms with Gasteiger partial charge in [-0.1, -0.05) is 24.1 Å². The third-order valence-corrected chi connectivity index (χ3v) is 8.28. The van der Waals surface area contributed by atoms with Crippen LogP contribution >= 0.6 is 11.6 Å². The van der Waals surface area contributed by atoms with Crippen LogP contribution in [-0.4, -0.2) is 51.5 Å². The number of benzene rings is 1. The van der Waals surface area contributed by atoms with Gasteiger partial charge < -0.3 is 9.80 Å². The maximum Gasteiger partial charge on any atom is 0.268 e. The Morgan fingerprint density at radius 1 is 1.25 bits per heavy atom. The largest absolute Gasteiger partial charge is 0.370 e. The van der Waals surface area contributed by atoms with E-state index < -0.39 is 43.3 Å². The van der Waals surface area contributed by atoms with Crippen LogP contribution in [0, 0.1) is 23.0 Å². The van der Waals surface area contributed by atoms with Gasteiger partial charge in [0.1, 0.15) is 16.7 Å². The molecule has 1 aromatic carbocycles. The van der Waals surface area contributed by atoms with Crippen LogP contribution in [0.1, 0.15) is 25.7 Å². The van der Waals surface area contributed by atoms with Crippen molar-refractivity contribution in [3.63, 3.8) is 0 Å². The van der Waals surface area contributed by atoms with E-state index in [1.165, 1.54) is 12.1 Å². The van der Waals surface area contributed by atoms with Crippen molar-refractivity contribution in [1.82, 2.24) is 9.88 Å². The van der Waals surface area contributed by atoms with Crippen molar-refractivity contribution < 1.29 is 21.6 Å². The number of anilines is 2. The predicted molar refractivity (Wildman–Crippen MR) is 117 cm³/mol. The first-order valence-electron chi connectivity index (χ1n) is 10.3. The number of halogens is 4. The zero-order chi connectivity index (χ0) is 23.3. The Morgan fingerprint density at radius 3 is 2.69 bits per heavy atom. The molecule has 1 saturated carbocycles. The van der Waals surface area contributed by atoms with E-state index in [0.29, 0.717) is 19.1 Å². The van der Waals surface area contributed by atoms with E-state index in [-0.39, 0.29) is 11.1 Å². The van der Waals surface area contributed by atoms with Crippen molar-refractivity contribution in [2.24, 2.45) is 5.41 Å². The molecular weight excluding hydrogens is 465 g/mol. The molecule has 1 aliphatic heterocycles. The molecule has 2 aromatic rings. The zero-order valence-electron chi connectivity index (χ0n) is 17.7. The van der Waals surface area contributed by atoms with Gasteiger partial charge in [-0.05, 0) is 45.5 Å². The fraction of sp³-hybridized carbons (Fsp3) is 0.476. The summed E-state index contributed by atoms with van der Waals surface area (Å²) >= 11 is 6.22. The first kappa shape index (κ1) is 23.1. The van der Waals surface area contributed by atoms with E-state index >= 15 is 4.39 Å². The third kappa shape index (κ3) is 4.04. The lowest BCUT2D eigenvalue weighted by molar-refractivity contribution is 0.153. The van der Waals surface area contributed by atoms with Gasteiger partial charge in [0.2, 0.25) is 5.95 Å². The SMILES string of the molecule is CN(C)C1CCC[C@]12CCN(c1cc(F)c(S(=O)(=O)Nc3cccc(F)n3)c(F)c1Cl)C2. The molecule has 1 saturated heterocycles. The van der Waals surface area contributed by atoms with Crippen LogP contribution in [0.2, 0.25) is 5.02 Å². The van der Waals surface area contributed by atoms with Gasteiger partial charge in [-0.3, -0.25) is 4.72 Å². The van der Waals surface area contributed by atoms with Crippen molar-refractivity contribution >= 4 is 33.1 Å². The number of nitrogens with one attached hydrogen (secondary N) is 1. The average Bonchev–Trinajstić information content (AvgIpc) is 3.31. The Kier molecular flexibility index (Phi) is 6.06. The predicted octanol–water partition coefficient (Wildman–Crippen LogP) is 4.26. The molecule has 1 aromatic heterocycles. The molecular formula is C21H24ClF3N4O2S. The Morgan fingerprint density at radius 2 is 2.00 bits per heavy atom. The first-order chi connectivity index (χ1) is 15.0. The molecule has 1 unspecified atom stereocenters. The summed E-state index contributed by atoms with van der Waals surface area (Å²) in [6, 6.07) is 4.72. The lowest BCUT2D eigenvalue weighted by atomic mass is 9.81. The molecule has 4 rings (SSSR count). The Bertz CT molecular complexity index is 1150. The molecule has 2 atom stereocenters. The zero-order valence-corrected chi connectivity index (χ0v) is 19.3. The number of hydrogen-bond acceptors (Lipinski definition) is 5. The van der Waals surface area contributed by atoms with Gasteiger partial charge in [0, 0.05) is 30.6 Å². The highest BCUT2D eigenvalue weighted by Gasteiger charge is 2.48. The van der Waals surface area contributed by atoms with Gasteiger partial charge >= 0.3 is 0 Å². The Balaban J connectivity index is 1.65. The highest BCUT2D eigenvalue weighted by atomic mass is 35.5. The molecule has 0 bridgehead atoms. The van der Waals surface area contributed by atoms with Crippen molar-refractivity contribution in [2.75, 3.05) is 36.8 Å². The number of aromatic nitrogens is 1.